The Labute approximate surface area is 105 Å². The van der Waals surface area contributed by atoms with Crippen LogP contribution in [0.15, 0.2) is 0 Å². The zero-order valence-corrected chi connectivity index (χ0v) is 10.5. The zero-order chi connectivity index (χ0) is 13.0. The third-order valence-electron chi connectivity index (χ3n) is 1.12. The molecular weight excluding hydrogens is 204 g/mol. The molecule has 0 heteroatoms. The summed E-state index contributed by atoms with van der Waals surface area (Å²) in [5.74, 6) is 31.5. The lowest BCUT2D eigenvalue weighted by molar-refractivity contribution is 0.571. The standard InChI is InChI=1S/C17H12/c1-5-6-7-8-9-10-11-12-13-14-15-16-17(2,3)4/h1-4H3. The van der Waals surface area contributed by atoms with Gasteiger partial charge in [0.05, 0.1) is 0 Å². The second kappa shape index (κ2) is 8.65. The van der Waals surface area contributed by atoms with E-state index >= 15 is 0 Å². The summed E-state index contributed by atoms with van der Waals surface area (Å²) < 4.78 is 0. The van der Waals surface area contributed by atoms with Gasteiger partial charge in [0.15, 0.2) is 0 Å². The Morgan fingerprint density at radius 3 is 1.24 bits per heavy atom. The first-order valence-electron chi connectivity index (χ1n) is 5.00. The fourth-order valence-corrected chi connectivity index (χ4v) is 0.531. The summed E-state index contributed by atoms with van der Waals surface area (Å²) in [6.45, 7) is 7.79. The van der Waals surface area contributed by atoms with E-state index < -0.39 is 0 Å². The molecule has 0 aliphatic rings. The summed E-state index contributed by atoms with van der Waals surface area (Å²) >= 11 is 0. The van der Waals surface area contributed by atoms with Crippen molar-refractivity contribution < 1.29 is 0 Å². The third kappa shape index (κ3) is 13.4. The molecule has 0 N–H and O–H groups in total. The molecule has 0 aromatic rings. The van der Waals surface area contributed by atoms with E-state index in [2.05, 4.69) is 71.0 Å². The molecule has 0 atom stereocenters. The maximum absolute atomic E-state index is 2.98. The first-order valence-corrected chi connectivity index (χ1v) is 5.00. The van der Waals surface area contributed by atoms with Crippen molar-refractivity contribution in [3.05, 3.63) is 0 Å². The maximum atomic E-state index is 2.98. The van der Waals surface area contributed by atoms with Gasteiger partial charge in [-0.1, -0.05) is 11.8 Å². The van der Waals surface area contributed by atoms with Gasteiger partial charge in [0.25, 0.3) is 0 Å². The lowest BCUT2D eigenvalue weighted by Gasteiger charge is -2.05. The van der Waals surface area contributed by atoms with Crippen LogP contribution in [0.1, 0.15) is 27.7 Å². The van der Waals surface area contributed by atoms with Gasteiger partial charge in [-0.15, -0.1) is 0 Å². The molecular formula is C17H12. The minimum Gasteiger partial charge on any atom is -0.0925 e. The summed E-state index contributed by atoms with van der Waals surface area (Å²) in [5, 5.41) is 0. The van der Waals surface area contributed by atoms with Gasteiger partial charge in [-0.05, 0) is 86.9 Å². The van der Waals surface area contributed by atoms with E-state index in [1.807, 2.05) is 20.8 Å². The lowest BCUT2D eigenvalue weighted by atomic mass is 9.98. The van der Waals surface area contributed by atoms with Crippen LogP contribution in [-0.4, -0.2) is 0 Å². The molecule has 0 bridgehead atoms. The Hall–Kier alpha value is -2.64. The van der Waals surface area contributed by atoms with Crippen LogP contribution in [0.5, 0.6) is 0 Å². The molecule has 0 aromatic heterocycles. The first-order chi connectivity index (χ1) is 8.06. The predicted octanol–water partition coefficient (Wildman–Crippen LogP) is 2.07. The van der Waals surface area contributed by atoms with Crippen molar-refractivity contribution in [1.82, 2.24) is 0 Å². The molecule has 0 rings (SSSR count). The predicted molar refractivity (Wildman–Crippen MR) is 71.8 cm³/mol. The highest BCUT2D eigenvalue weighted by Gasteiger charge is 2.02. The highest BCUT2D eigenvalue weighted by Crippen LogP contribution is 2.09. The minimum atomic E-state index is -0.0299. The SMILES string of the molecule is CC#CC#CC#CC#CC#CC#CC(C)(C)C. The van der Waals surface area contributed by atoms with Crippen LogP contribution >= 0.6 is 0 Å². The summed E-state index contributed by atoms with van der Waals surface area (Å²) in [4.78, 5) is 0. The second-order valence-corrected chi connectivity index (χ2v) is 3.88. The molecule has 0 amide bonds. The van der Waals surface area contributed by atoms with E-state index in [0.717, 1.165) is 0 Å². The van der Waals surface area contributed by atoms with Gasteiger partial charge in [-0.3, -0.25) is 0 Å². The summed E-state index contributed by atoms with van der Waals surface area (Å²) in [6, 6.07) is 0. The molecule has 0 nitrogen and oxygen atoms in total. The number of rotatable bonds is 0. The van der Waals surface area contributed by atoms with Crippen LogP contribution in [-0.2, 0) is 0 Å². The van der Waals surface area contributed by atoms with Crippen LogP contribution < -0.4 is 0 Å². The van der Waals surface area contributed by atoms with Crippen LogP contribution in [0.4, 0.5) is 0 Å². The Kier molecular flexibility index (Phi) is 7.31. The summed E-state index contributed by atoms with van der Waals surface area (Å²) in [6.07, 6.45) is 0. The van der Waals surface area contributed by atoms with Gasteiger partial charge >= 0.3 is 0 Å². The van der Waals surface area contributed by atoms with Crippen molar-refractivity contribution in [3.63, 3.8) is 0 Å². The molecule has 0 saturated heterocycles. The summed E-state index contributed by atoms with van der Waals surface area (Å²) in [7, 11) is 0. The van der Waals surface area contributed by atoms with Crippen molar-refractivity contribution in [2.45, 2.75) is 27.7 Å². The molecule has 0 saturated carbocycles. The second-order valence-electron chi connectivity index (χ2n) is 3.88. The van der Waals surface area contributed by atoms with Gasteiger partial charge in [0, 0.05) is 5.41 Å². The smallest absolute Gasteiger partial charge is 0.0240 e. The van der Waals surface area contributed by atoms with E-state index in [9.17, 15) is 0 Å². The van der Waals surface area contributed by atoms with Crippen LogP contribution in [0.3, 0.4) is 0 Å². The van der Waals surface area contributed by atoms with Crippen LogP contribution in [0, 0.1) is 76.5 Å². The summed E-state index contributed by atoms with van der Waals surface area (Å²) in [5.41, 5.74) is -0.0299. The Balaban J connectivity index is 4.32. The fourth-order valence-electron chi connectivity index (χ4n) is 0.531. The molecule has 17 heavy (non-hydrogen) atoms. The Morgan fingerprint density at radius 2 is 0.882 bits per heavy atom. The quantitative estimate of drug-likeness (QED) is 0.544. The van der Waals surface area contributed by atoms with Gasteiger partial charge < -0.3 is 0 Å². The average Bonchev–Trinajstić information content (AvgIpc) is 2.24. The zero-order valence-electron chi connectivity index (χ0n) is 10.5. The molecule has 0 unspecified atom stereocenters. The van der Waals surface area contributed by atoms with Crippen molar-refractivity contribution >= 4 is 0 Å². The van der Waals surface area contributed by atoms with Crippen LogP contribution in [0.2, 0.25) is 0 Å². The van der Waals surface area contributed by atoms with Gasteiger partial charge in [0.1, 0.15) is 0 Å². The molecule has 0 fully saturated rings. The number of hydrogen-bond acceptors (Lipinski definition) is 0. The molecule has 0 aliphatic carbocycles. The first kappa shape index (κ1) is 14.4. The molecule has 0 radical (unpaired) electrons. The molecule has 0 aliphatic heterocycles. The molecule has 0 aromatic carbocycles. The van der Waals surface area contributed by atoms with Gasteiger partial charge in [-0.2, -0.15) is 0 Å². The normalized spacial score (nSPS) is 6.35. The molecule has 80 valence electrons. The van der Waals surface area contributed by atoms with E-state index in [1.165, 1.54) is 0 Å². The molecule has 0 heterocycles. The lowest BCUT2D eigenvalue weighted by Crippen LogP contribution is -1.98. The minimum absolute atomic E-state index is 0.0299. The Bertz CT molecular complexity index is 614. The van der Waals surface area contributed by atoms with Gasteiger partial charge in [-0.25, -0.2) is 0 Å². The van der Waals surface area contributed by atoms with Crippen molar-refractivity contribution in [2.24, 2.45) is 5.41 Å². The van der Waals surface area contributed by atoms with E-state index in [0.29, 0.717) is 0 Å². The van der Waals surface area contributed by atoms with Crippen molar-refractivity contribution in [2.75, 3.05) is 0 Å². The van der Waals surface area contributed by atoms with E-state index in [-0.39, 0.29) is 5.41 Å². The fraction of sp³-hybridized carbons (Fsp3) is 0.294. The largest absolute Gasteiger partial charge is 0.0925 e. The topological polar surface area (TPSA) is 0 Å². The monoisotopic (exact) mass is 216 g/mol. The molecule has 0 spiro atoms. The van der Waals surface area contributed by atoms with E-state index in [1.54, 1.807) is 6.92 Å². The Morgan fingerprint density at radius 1 is 0.529 bits per heavy atom. The van der Waals surface area contributed by atoms with Gasteiger partial charge in [0.2, 0.25) is 0 Å². The highest BCUT2D eigenvalue weighted by atomic mass is 14.0. The van der Waals surface area contributed by atoms with Crippen molar-refractivity contribution in [1.29, 1.82) is 0 Å². The van der Waals surface area contributed by atoms with Crippen LogP contribution in [0.25, 0.3) is 0 Å². The maximum Gasteiger partial charge on any atom is 0.0240 e. The highest BCUT2D eigenvalue weighted by molar-refractivity contribution is 5.44. The van der Waals surface area contributed by atoms with E-state index in [4.69, 9.17) is 0 Å². The number of hydrogen-bond donors (Lipinski definition) is 0. The third-order valence-corrected chi connectivity index (χ3v) is 1.12. The van der Waals surface area contributed by atoms with Crippen molar-refractivity contribution in [3.8, 4) is 71.0 Å². The average molecular weight is 216 g/mol.